The van der Waals surface area contributed by atoms with Crippen molar-refractivity contribution in [3.63, 3.8) is 0 Å². The summed E-state index contributed by atoms with van der Waals surface area (Å²) in [6.07, 6.45) is 4.89. The van der Waals surface area contributed by atoms with E-state index >= 15 is 0 Å². The van der Waals surface area contributed by atoms with Crippen molar-refractivity contribution in [3.05, 3.63) is 11.8 Å². The fourth-order valence-electron chi connectivity index (χ4n) is 5.87. The van der Waals surface area contributed by atoms with Crippen LogP contribution in [0.3, 0.4) is 0 Å². The predicted octanol–water partition coefficient (Wildman–Crippen LogP) is 6.06. The van der Waals surface area contributed by atoms with Gasteiger partial charge in [-0.25, -0.2) is 0 Å². The molecule has 3 nitrogen and oxygen atoms in total. The molecule has 1 saturated carbocycles. The summed E-state index contributed by atoms with van der Waals surface area (Å²) in [5.41, 5.74) is 2.54. The van der Waals surface area contributed by atoms with Crippen LogP contribution in [-0.2, 0) is 14.0 Å². The lowest BCUT2D eigenvalue weighted by Gasteiger charge is -2.45. The van der Waals surface area contributed by atoms with E-state index in [2.05, 4.69) is 55.4 Å². The molecule has 25 heavy (non-hydrogen) atoms. The number of carbonyl (C=O) groups excluding carboxylic acids is 1. The minimum absolute atomic E-state index is 0.0196. The molecule has 1 spiro atoms. The first kappa shape index (κ1) is 20.7. The summed E-state index contributed by atoms with van der Waals surface area (Å²) in [5.74, 6) is 0.583. The summed E-state index contributed by atoms with van der Waals surface area (Å²) < 4.78 is 12.3. The van der Waals surface area contributed by atoms with Gasteiger partial charge in [-0.3, -0.25) is 4.79 Å². The Bertz CT molecular complexity index is 501. The zero-order chi connectivity index (χ0) is 19.0. The molecule has 0 amide bonds. The van der Waals surface area contributed by atoms with Gasteiger partial charge in [-0.1, -0.05) is 61.8 Å². The lowest BCUT2D eigenvalue weighted by atomic mass is 9.66. The fraction of sp³-hybridized carbons (Fsp3) is 0.857. The Balaban J connectivity index is 2.23. The molecule has 1 fully saturated rings. The summed E-state index contributed by atoms with van der Waals surface area (Å²) in [6.45, 7) is 18.9. The quantitative estimate of drug-likeness (QED) is 0.423. The van der Waals surface area contributed by atoms with Gasteiger partial charge in [0.05, 0.1) is 18.3 Å². The first-order chi connectivity index (χ1) is 11.6. The zero-order valence-corrected chi connectivity index (χ0v) is 18.5. The van der Waals surface area contributed by atoms with E-state index in [0.29, 0.717) is 29.1 Å². The summed E-state index contributed by atoms with van der Waals surface area (Å²) in [4.78, 5) is 12.6. The number of esters is 1. The van der Waals surface area contributed by atoms with Gasteiger partial charge in [-0.2, -0.15) is 0 Å². The Hall–Kier alpha value is -0.613. The van der Waals surface area contributed by atoms with Gasteiger partial charge in [0.25, 0.3) is 0 Å². The molecule has 0 aromatic carbocycles. The first-order valence-corrected chi connectivity index (χ1v) is 12.3. The van der Waals surface area contributed by atoms with E-state index in [9.17, 15) is 4.79 Å². The van der Waals surface area contributed by atoms with E-state index in [4.69, 9.17) is 9.16 Å². The van der Waals surface area contributed by atoms with Gasteiger partial charge in [0.2, 0.25) is 8.32 Å². The summed E-state index contributed by atoms with van der Waals surface area (Å²) >= 11 is 0. The molecule has 0 aromatic heterocycles. The van der Waals surface area contributed by atoms with Crippen molar-refractivity contribution in [2.45, 2.75) is 91.3 Å². The van der Waals surface area contributed by atoms with E-state index < -0.39 is 8.32 Å². The summed E-state index contributed by atoms with van der Waals surface area (Å²) in [6, 6.07) is 0. The largest absolute Gasteiger partial charge is 0.434 e. The number of rotatable bonds is 6. The second kappa shape index (κ2) is 7.56. The third kappa shape index (κ3) is 3.25. The molecule has 0 N–H and O–H groups in total. The lowest BCUT2D eigenvalue weighted by Crippen LogP contribution is -2.49. The Labute approximate surface area is 155 Å². The van der Waals surface area contributed by atoms with Crippen LogP contribution in [0.1, 0.15) is 74.7 Å². The Kier molecular flexibility index (Phi) is 6.25. The highest BCUT2D eigenvalue weighted by Gasteiger charge is 2.55. The molecule has 1 aliphatic heterocycles. The molecule has 0 aromatic rings. The lowest BCUT2D eigenvalue weighted by molar-refractivity contribution is -0.157. The molecular weight excluding hydrogens is 328 g/mol. The highest BCUT2D eigenvalue weighted by molar-refractivity contribution is 6.77. The zero-order valence-electron chi connectivity index (χ0n) is 17.5. The SMILES string of the molecule is CC(C)[Si](OCC1=COC(=O)[C@]2(CCC[C@H]2C)[C@@H]1C)(C(C)C)C(C)C. The van der Waals surface area contributed by atoms with Gasteiger partial charge in [0.1, 0.15) is 0 Å². The molecule has 4 heteroatoms. The van der Waals surface area contributed by atoms with Crippen LogP contribution in [0.15, 0.2) is 11.8 Å². The maximum atomic E-state index is 12.6. The minimum Gasteiger partial charge on any atom is -0.434 e. The molecular formula is C21H38O3Si. The van der Waals surface area contributed by atoms with Crippen LogP contribution < -0.4 is 0 Å². The molecule has 2 aliphatic rings. The molecule has 2 rings (SSSR count). The molecule has 1 heterocycles. The molecule has 0 radical (unpaired) electrons. The number of ether oxygens (including phenoxy) is 1. The molecule has 144 valence electrons. The Morgan fingerprint density at radius 2 is 1.72 bits per heavy atom. The van der Waals surface area contributed by atoms with Gasteiger partial charge >= 0.3 is 5.97 Å². The average molecular weight is 367 g/mol. The third-order valence-corrected chi connectivity index (χ3v) is 13.4. The number of hydrogen-bond donors (Lipinski definition) is 0. The van der Waals surface area contributed by atoms with Crippen molar-refractivity contribution >= 4 is 14.3 Å². The van der Waals surface area contributed by atoms with E-state index in [1.807, 2.05) is 0 Å². The van der Waals surface area contributed by atoms with E-state index in [0.717, 1.165) is 19.3 Å². The second-order valence-corrected chi connectivity index (χ2v) is 14.7. The Morgan fingerprint density at radius 3 is 2.16 bits per heavy atom. The van der Waals surface area contributed by atoms with Crippen LogP contribution in [0, 0.1) is 17.3 Å². The monoisotopic (exact) mass is 366 g/mol. The van der Waals surface area contributed by atoms with Gasteiger partial charge in [-0.05, 0) is 46.9 Å². The summed E-state index contributed by atoms with van der Waals surface area (Å²) in [7, 11) is -1.91. The normalized spacial score (nSPS) is 30.5. The van der Waals surface area contributed by atoms with Crippen LogP contribution in [0.5, 0.6) is 0 Å². The van der Waals surface area contributed by atoms with E-state index in [-0.39, 0.29) is 17.3 Å². The first-order valence-electron chi connectivity index (χ1n) is 10.1. The van der Waals surface area contributed by atoms with Crippen LogP contribution in [0.2, 0.25) is 16.6 Å². The van der Waals surface area contributed by atoms with Crippen molar-refractivity contribution in [2.75, 3.05) is 6.61 Å². The van der Waals surface area contributed by atoms with Crippen molar-refractivity contribution in [3.8, 4) is 0 Å². The minimum atomic E-state index is -1.91. The van der Waals surface area contributed by atoms with Crippen LogP contribution in [0.4, 0.5) is 0 Å². The maximum Gasteiger partial charge on any atom is 0.317 e. The highest BCUT2D eigenvalue weighted by Crippen LogP contribution is 2.54. The number of carbonyl (C=O) groups is 1. The van der Waals surface area contributed by atoms with Gasteiger partial charge in [0.15, 0.2) is 0 Å². The topological polar surface area (TPSA) is 35.5 Å². The average Bonchev–Trinajstić information content (AvgIpc) is 2.89. The standard InChI is InChI=1S/C21H38O3Si/c1-14(2)25(15(3)4,16(5)6)24-13-19-12-23-20(22)21(18(19)8)11-9-10-17(21)7/h12,14-18H,9-11,13H2,1-8H3/t17-,18-,21+/m1/s1. The van der Waals surface area contributed by atoms with Gasteiger partial charge in [-0.15, -0.1) is 0 Å². The van der Waals surface area contributed by atoms with Crippen molar-refractivity contribution in [1.82, 2.24) is 0 Å². The van der Waals surface area contributed by atoms with Crippen LogP contribution in [0.25, 0.3) is 0 Å². The molecule has 1 aliphatic carbocycles. The fourth-order valence-corrected chi connectivity index (χ4v) is 11.3. The van der Waals surface area contributed by atoms with Crippen molar-refractivity contribution < 1.29 is 14.0 Å². The van der Waals surface area contributed by atoms with E-state index in [1.54, 1.807) is 6.26 Å². The maximum absolute atomic E-state index is 12.6. The Morgan fingerprint density at radius 1 is 1.16 bits per heavy atom. The predicted molar refractivity (Wildman–Crippen MR) is 106 cm³/mol. The van der Waals surface area contributed by atoms with Gasteiger partial charge < -0.3 is 9.16 Å². The van der Waals surface area contributed by atoms with E-state index in [1.165, 1.54) is 5.57 Å². The summed E-state index contributed by atoms with van der Waals surface area (Å²) in [5, 5.41) is 0. The number of hydrogen-bond acceptors (Lipinski definition) is 3. The van der Waals surface area contributed by atoms with Crippen molar-refractivity contribution in [1.29, 1.82) is 0 Å². The second-order valence-electron chi connectivity index (χ2n) is 9.26. The van der Waals surface area contributed by atoms with Crippen molar-refractivity contribution in [2.24, 2.45) is 17.3 Å². The molecule has 0 bridgehead atoms. The molecule has 0 saturated heterocycles. The van der Waals surface area contributed by atoms with Gasteiger partial charge in [0, 0.05) is 0 Å². The number of cyclic esters (lactones) is 1. The third-order valence-electron chi connectivity index (χ3n) is 7.33. The van der Waals surface area contributed by atoms with Crippen LogP contribution in [-0.4, -0.2) is 20.9 Å². The molecule has 0 unspecified atom stereocenters. The smallest absolute Gasteiger partial charge is 0.317 e. The highest BCUT2D eigenvalue weighted by atomic mass is 28.4. The van der Waals surface area contributed by atoms with Crippen LogP contribution >= 0.6 is 0 Å². The molecule has 3 atom stereocenters.